The van der Waals surface area contributed by atoms with Crippen LogP contribution in [-0.4, -0.2) is 43.3 Å². The first-order chi connectivity index (χ1) is 6.16. The Kier molecular flexibility index (Phi) is 7.57. The number of carboxylic acid groups (broad SMARTS) is 1. The van der Waals surface area contributed by atoms with E-state index in [0.29, 0.717) is 19.1 Å². The van der Waals surface area contributed by atoms with Gasteiger partial charge < -0.3 is 21.5 Å². The van der Waals surface area contributed by atoms with Gasteiger partial charge in [0.2, 0.25) is 0 Å². The second kappa shape index (κ2) is 7.97. The molecule has 0 aliphatic heterocycles. The largest absolute Gasteiger partial charge is 0.480 e. The van der Waals surface area contributed by atoms with Gasteiger partial charge in [0.15, 0.2) is 0 Å². The second-order valence-electron chi connectivity index (χ2n) is 3.00. The van der Waals surface area contributed by atoms with Crippen molar-refractivity contribution < 1.29 is 9.90 Å². The molecule has 0 aromatic rings. The van der Waals surface area contributed by atoms with E-state index in [2.05, 4.69) is 17.6 Å². The molecule has 13 heavy (non-hydrogen) atoms. The first-order valence-corrected chi connectivity index (χ1v) is 4.52. The lowest BCUT2D eigenvalue weighted by atomic mass is 10.2. The summed E-state index contributed by atoms with van der Waals surface area (Å²) in [6, 6.07) is 0.400. The van der Waals surface area contributed by atoms with Gasteiger partial charge in [-0.15, -0.1) is 0 Å². The Bertz CT molecular complexity index is 141. The van der Waals surface area contributed by atoms with Gasteiger partial charge in [-0.1, -0.05) is 0 Å². The zero-order valence-corrected chi connectivity index (χ0v) is 8.05. The number of rotatable bonds is 8. The third kappa shape index (κ3) is 9.26. The van der Waals surface area contributed by atoms with Gasteiger partial charge in [0.1, 0.15) is 0 Å². The molecule has 0 saturated carbocycles. The maximum absolute atomic E-state index is 10.1. The van der Waals surface area contributed by atoms with Gasteiger partial charge in [0, 0.05) is 19.1 Å². The summed E-state index contributed by atoms with van der Waals surface area (Å²) in [5, 5.41) is 14.3. The molecule has 1 unspecified atom stereocenters. The summed E-state index contributed by atoms with van der Waals surface area (Å²) in [5.74, 6) is -0.824. The normalized spacial score (nSPS) is 12.8. The predicted octanol–water partition coefficient (Wildman–Crippen LogP) is -1.01. The van der Waals surface area contributed by atoms with Crippen LogP contribution in [0.1, 0.15) is 13.3 Å². The van der Waals surface area contributed by atoms with Crippen molar-refractivity contribution >= 4 is 5.97 Å². The highest BCUT2D eigenvalue weighted by molar-refractivity contribution is 5.68. The Morgan fingerprint density at radius 2 is 2.23 bits per heavy atom. The summed E-state index contributed by atoms with van der Waals surface area (Å²) in [6.45, 7) is 4.20. The van der Waals surface area contributed by atoms with E-state index in [1.165, 1.54) is 0 Å². The van der Waals surface area contributed by atoms with Crippen molar-refractivity contribution in [2.75, 3.05) is 26.2 Å². The van der Waals surface area contributed by atoms with Gasteiger partial charge in [-0.05, 0) is 19.9 Å². The summed E-state index contributed by atoms with van der Waals surface area (Å²) in [6.07, 6.45) is 0.943. The van der Waals surface area contributed by atoms with Crippen molar-refractivity contribution in [3.63, 3.8) is 0 Å². The fourth-order valence-corrected chi connectivity index (χ4v) is 0.954. The van der Waals surface area contributed by atoms with Crippen molar-refractivity contribution in [3.05, 3.63) is 0 Å². The van der Waals surface area contributed by atoms with E-state index >= 15 is 0 Å². The molecule has 0 radical (unpaired) electrons. The van der Waals surface area contributed by atoms with E-state index in [-0.39, 0.29) is 6.54 Å². The van der Waals surface area contributed by atoms with Gasteiger partial charge in [0.05, 0.1) is 6.54 Å². The van der Waals surface area contributed by atoms with Crippen LogP contribution in [-0.2, 0) is 4.79 Å². The zero-order chi connectivity index (χ0) is 10.1. The van der Waals surface area contributed by atoms with Crippen molar-refractivity contribution in [2.24, 2.45) is 5.73 Å². The van der Waals surface area contributed by atoms with Crippen LogP contribution >= 0.6 is 0 Å². The Morgan fingerprint density at radius 3 is 2.77 bits per heavy atom. The standard InChI is InChI=1S/C8H19N3O2/c1-7(2-3-9)11-5-4-10-6-8(12)13/h7,10-11H,2-6,9H2,1H3,(H,12,13). The smallest absolute Gasteiger partial charge is 0.317 e. The highest BCUT2D eigenvalue weighted by Crippen LogP contribution is 1.84. The lowest BCUT2D eigenvalue weighted by molar-refractivity contribution is -0.135. The van der Waals surface area contributed by atoms with Crippen LogP contribution in [0, 0.1) is 0 Å². The Labute approximate surface area is 78.7 Å². The average Bonchev–Trinajstić information content (AvgIpc) is 2.03. The molecule has 0 heterocycles. The second-order valence-corrected chi connectivity index (χ2v) is 3.00. The van der Waals surface area contributed by atoms with Gasteiger partial charge in [-0.3, -0.25) is 4.79 Å². The third-order valence-corrected chi connectivity index (χ3v) is 1.67. The zero-order valence-electron chi connectivity index (χ0n) is 8.05. The van der Waals surface area contributed by atoms with E-state index < -0.39 is 5.97 Å². The minimum Gasteiger partial charge on any atom is -0.480 e. The van der Waals surface area contributed by atoms with Gasteiger partial charge in [-0.2, -0.15) is 0 Å². The fourth-order valence-electron chi connectivity index (χ4n) is 0.954. The number of hydrogen-bond donors (Lipinski definition) is 4. The monoisotopic (exact) mass is 189 g/mol. The SMILES string of the molecule is CC(CCN)NCCNCC(=O)O. The van der Waals surface area contributed by atoms with Gasteiger partial charge in [-0.25, -0.2) is 0 Å². The lowest BCUT2D eigenvalue weighted by Crippen LogP contribution is -2.36. The van der Waals surface area contributed by atoms with Crippen LogP contribution < -0.4 is 16.4 Å². The molecule has 5 N–H and O–H groups in total. The number of nitrogens with one attached hydrogen (secondary N) is 2. The lowest BCUT2D eigenvalue weighted by Gasteiger charge is -2.12. The van der Waals surface area contributed by atoms with Gasteiger partial charge in [0.25, 0.3) is 0 Å². The van der Waals surface area contributed by atoms with Crippen molar-refractivity contribution in [1.82, 2.24) is 10.6 Å². The van der Waals surface area contributed by atoms with E-state index in [0.717, 1.165) is 13.0 Å². The predicted molar refractivity (Wildman–Crippen MR) is 51.6 cm³/mol. The van der Waals surface area contributed by atoms with Crippen molar-refractivity contribution in [2.45, 2.75) is 19.4 Å². The molecule has 0 spiro atoms. The number of carboxylic acids is 1. The van der Waals surface area contributed by atoms with Crippen molar-refractivity contribution in [3.8, 4) is 0 Å². The van der Waals surface area contributed by atoms with E-state index in [1.54, 1.807) is 0 Å². The average molecular weight is 189 g/mol. The Balaban J connectivity index is 3.11. The summed E-state index contributed by atoms with van der Waals surface area (Å²) < 4.78 is 0. The molecule has 0 aromatic heterocycles. The molecule has 0 aromatic carbocycles. The molecule has 0 rings (SSSR count). The van der Waals surface area contributed by atoms with E-state index in [4.69, 9.17) is 10.8 Å². The molecule has 78 valence electrons. The molecular weight excluding hydrogens is 170 g/mol. The first kappa shape index (κ1) is 12.3. The first-order valence-electron chi connectivity index (χ1n) is 4.52. The number of hydrogen-bond acceptors (Lipinski definition) is 4. The molecule has 0 fully saturated rings. The van der Waals surface area contributed by atoms with E-state index in [1.807, 2.05) is 0 Å². The summed E-state index contributed by atoms with van der Waals surface area (Å²) >= 11 is 0. The Morgan fingerprint density at radius 1 is 1.54 bits per heavy atom. The molecule has 1 atom stereocenters. The highest BCUT2D eigenvalue weighted by Gasteiger charge is 1.98. The number of nitrogens with two attached hydrogens (primary N) is 1. The topological polar surface area (TPSA) is 87.4 Å². The number of aliphatic carboxylic acids is 1. The minimum absolute atomic E-state index is 0.0208. The van der Waals surface area contributed by atoms with Crippen LogP contribution in [0.2, 0.25) is 0 Å². The fraction of sp³-hybridized carbons (Fsp3) is 0.875. The Hall–Kier alpha value is -0.650. The summed E-state index contributed by atoms with van der Waals surface area (Å²) in [4.78, 5) is 10.1. The summed E-state index contributed by atoms with van der Waals surface area (Å²) in [5.41, 5.74) is 5.37. The molecule has 0 saturated heterocycles. The molecule has 0 bridgehead atoms. The van der Waals surface area contributed by atoms with E-state index in [9.17, 15) is 4.79 Å². The molecule has 0 aliphatic carbocycles. The van der Waals surface area contributed by atoms with Crippen molar-refractivity contribution in [1.29, 1.82) is 0 Å². The quantitative estimate of drug-likeness (QED) is 0.367. The molecule has 0 amide bonds. The minimum atomic E-state index is -0.824. The maximum atomic E-state index is 10.1. The molecule has 0 aliphatic rings. The summed E-state index contributed by atoms with van der Waals surface area (Å²) in [7, 11) is 0. The highest BCUT2D eigenvalue weighted by atomic mass is 16.4. The molecular formula is C8H19N3O2. The van der Waals surface area contributed by atoms with Crippen LogP contribution in [0.25, 0.3) is 0 Å². The van der Waals surface area contributed by atoms with Crippen LogP contribution in [0.3, 0.4) is 0 Å². The number of carbonyl (C=O) groups is 1. The van der Waals surface area contributed by atoms with Crippen LogP contribution in [0.4, 0.5) is 0 Å². The van der Waals surface area contributed by atoms with Crippen LogP contribution in [0.15, 0.2) is 0 Å². The molecule has 5 nitrogen and oxygen atoms in total. The third-order valence-electron chi connectivity index (χ3n) is 1.67. The maximum Gasteiger partial charge on any atom is 0.317 e. The van der Waals surface area contributed by atoms with Gasteiger partial charge >= 0.3 is 5.97 Å². The van der Waals surface area contributed by atoms with Crippen LogP contribution in [0.5, 0.6) is 0 Å². The molecule has 5 heteroatoms.